The number of hydrogen-bond donors (Lipinski definition) is 15. The number of aromatic hydroxyl groups is 6. The van der Waals surface area contributed by atoms with Gasteiger partial charge in [0, 0.05) is 24.3 Å². The van der Waals surface area contributed by atoms with Crippen molar-refractivity contribution in [2.75, 3.05) is 19.8 Å². The highest BCUT2D eigenvalue weighted by molar-refractivity contribution is 5.90. The standard InChI is InChI=1S/C49H50O26/c50-16-32-36(58)39(61)42(64)47(72-32)70-30-14-23(52)13-29-24(30)15-31(44(69-29)21-5-9-26(54)28(56)12-21)71-49-45(41(63)38(60)34(74-49)18-68-46(66)20-3-6-22(51)7-4-20)75-48-43(65)40(62)37(59)33(73-48)17-67-35(57)10-2-19-1-8-25(53)27(55)11-19/h1-15,32-34,36-43,45,47-50,58-65H,16-18H2,(H5-,51,52,53,54,55,56,57,66)/p+1/t32-,33-,34-,36-,37-,38-,39+,40+,41+,42-,43-,45-,47-,48+,49-/m1/s1. The van der Waals surface area contributed by atoms with Gasteiger partial charge in [0.05, 0.1) is 23.8 Å². The molecule has 75 heavy (non-hydrogen) atoms. The summed E-state index contributed by atoms with van der Waals surface area (Å²) in [4.78, 5) is 25.7. The smallest absolute Gasteiger partial charge is 0.402 e. The predicted molar refractivity (Wildman–Crippen MR) is 246 cm³/mol. The van der Waals surface area contributed by atoms with E-state index in [1.54, 1.807) is 0 Å². The molecule has 0 unspecified atom stereocenters. The molecular weight excluding hydrogens is 1000 g/mol. The van der Waals surface area contributed by atoms with E-state index in [4.69, 9.17) is 42.3 Å². The Balaban J connectivity index is 1.14. The summed E-state index contributed by atoms with van der Waals surface area (Å²) >= 11 is 0. The van der Waals surface area contributed by atoms with Crippen molar-refractivity contribution in [3.63, 3.8) is 0 Å². The van der Waals surface area contributed by atoms with Crippen LogP contribution in [0.15, 0.2) is 89.4 Å². The lowest BCUT2D eigenvalue weighted by atomic mass is 9.97. The Morgan fingerprint density at radius 2 is 1.13 bits per heavy atom. The van der Waals surface area contributed by atoms with Crippen LogP contribution in [-0.4, -0.2) is 200 Å². The fourth-order valence-corrected chi connectivity index (χ4v) is 8.10. The minimum Gasteiger partial charge on any atom is -0.508 e. The van der Waals surface area contributed by atoms with Gasteiger partial charge in [-0.15, -0.1) is 0 Å². The number of rotatable bonds is 15. The Morgan fingerprint density at radius 3 is 1.80 bits per heavy atom. The zero-order valence-electron chi connectivity index (χ0n) is 38.6. The first-order chi connectivity index (χ1) is 35.7. The van der Waals surface area contributed by atoms with Crippen LogP contribution in [0.4, 0.5) is 0 Å². The lowest BCUT2D eigenvalue weighted by Gasteiger charge is -2.45. The molecule has 0 aliphatic carbocycles. The van der Waals surface area contributed by atoms with Crippen molar-refractivity contribution >= 4 is 29.0 Å². The minimum atomic E-state index is -2.16. The highest BCUT2D eigenvalue weighted by Crippen LogP contribution is 2.44. The number of phenols is 6. The van der Waals surface area contributed by atoms with Gasteiger partial charge < -0.3 is 114 Å². The second-order valence-corrected chi connectivity index (χ2v) is 17.4. The van der Waals surface area contributed by atoms with Crippen LogP contribution < -0.4 is 9.47 Å². The molecule has 0 bridgehead atoms. The van der Waals surface area contributed by atoms with E-state index in [2.05, 4.69) is 0 Å². The summed E-state index contributed by atoms with van der Waals surface area (Å²) in [6, 6.07) is 15.2. The average molecular weight is 1060 g/mol. The molecule has 5 aromatic rings. The summed E-state index contributed by atoms with van der Waals surface area (Å²) in [5, 5.41) is 158. The molecule has 3 saturated heterocycles. The van der Waals surface area contributed by atoms with Crippen molar-refractivity contribution < 1.29 is 128 Å². The molecule has 3 aliphatic rings. The summed E-state index contributed by atoms with van der Waals surface area (Å²) in [5.74, 6) is -5.93. The minimum absolute atomic E-state index is 0.0435. The van der Waals surface area contributed by atoms with Gasteiger partial charge in [-0.3, -0.25) is 0 Å². The number of hydrogen-bond acceptors (Lipinski definition) is 25. The molecule has 0 amide bonds. The van der Waals surface area contributed by atoms with Gasteiger partial charge in [0.1, 0.15) is 103 Å². The molecular formula is C49H51O26+. The summed E-state index contributed by atoms with van der Waals surface area (Å²) in [6.45, 7) is -2.42. The number of aliphatic hydroxyl groups is 9. The van der Waals surface area contributed by atoms with Crippen molar-refractivity contribution in [2.24, 2.45) is 0 Å². The van der Waals surface area contributed by atoms with E-state index in [0.717, 1.165) is 36.4 Å². The first-order valence-corrected chi connectivity index (χ1v) is 22.7. The van der Waals surface area contributed by atoms with Gasteiger partial charge in [-0.2, -0.15) is 0 Å². The van der Waals surface area contributed by atoms with E-state index in [1.807, 2.05) is 0 Å². The highest BCUT2D eigenvalue weighted by Gasteiger charge is 2.53. The Morgan fingerprint density at radius 1 is 0.547 bits per heavy atom. The van der Waals surface area contributed by atoms with Crippen LogP contribution in [0.1, 0.15) is 15.9 Å². The third-order valence-electron chi connectivity index (χ3n) is 12.3. The van der Waals surface area contributed by atoms with E-state index in [9.17, 15) is 86.2 Å². The molecule has 1 aromatic heterocycles. The lowest BCUT2D eigenvalue weighted by molar-refractivity contribution is -0.357. The topological polar surface area (TPSA) is 423 Å². The Bertz CT molecular complexity index is 2860. The van der Waals surface area contributed by atoms with Crippen LogP contribution in [0.25, 0.3) is 28.4 Å². The molecule has 3 fully saturated rings. The van der Waals surface area contributed by atoms with Crippen molar-refractivity contribution in [2.45, 2.75) is 92.1 Å². The SMILES string of the molecule is O=C(C=Cc1ccc(O)c(O)c1)OC[C@H]1O[C@@H](O[C@H]2[C@H](Oc3cc4c(O[C@@H]5O[C@H](CO)[C@@H](O)[C@H](O)[C@H]5O)cc(O)cc4[o+]c3-c3ccc(O)c(O)c3)O[C@H](COC(=O)c3ccc(O)cc3)[C@@H](O)[C@@H]2O)[C@H](O)[C@@H](O)[C@@H]1O. The van der Waals surface area contributed by atoms with Crippen molar-refractivity contribution in [1.82, 2.24) is 0 Å². The number of esters is 2. The van der Waals surface area contributed by atoms with Crippen LogP contribution in [0.3, 0.4) is 0 Å². The number of fused-ring (bicyclic) bond motifs is 1. The third-order valence-corrected chi connectivity index (χ3v) is 12.3. The average Bonchev–Trinajstić information content (AvgIpc) is 3.39. The summed E-state index contributed by atoms with van der Waals surface area (Å²) in [5.41, 5.74) is -0.0330. The maximum atomic E-state index is 13.1. The maximum Gasteiger partial charge on any atom is 0.402 e. The normalized spacial score (nSPS) is 30.0. The van der Waals surface area contributed by atoms with Crippen LogP contribution in [-0.2, 0) is 33.2 Å². The second kappa shape index (κ2) is 22.8. The second-order valence-electron chi connectivity index (χ2n) is 17.4. The van der Waals surface area contributed by atoms with Gasteiger partial charge in [-0.05, 0) is 60.2 Å². The number of benzene rings is 4. The molecule has 15 N–H and O–H groups in total. The molecule has 3 aliphatic heterocycles. The first kappa shape index (κ1) is 54.1. The highest BCUT2D eigenvalue weighted by atomic mass is 16.8. The summed E-state index contributed by atoms with van der Waals surface area (Å²) < 4.78 is 52.4. The fourth-order valence-electron chi connectivity index (χ4n) is 8.10. The predicted octanol–water partition coefficient (Wildman–Crippen LogP) is -1.07. The maximum absolute atomic E-state index is 13.1. The zero-order valence-corrected chi connectivity index (χ0v) is 38.6. The summed E-state index contributed by atoms with van der Waals surface area (Å²) in [7, 11) is 0. The van der Waals surface area contributed by atoms with Crippen LogP contribution in [0.2, 0.25) is 0 Å². The molecule has 0 saturated carbocycles. The molecule has 402 valence electrons. The molecule has 8 rings (SSSR count). The van der Waals surface area contributed by atoms with Gasteiger partial charge in [0.15, 0.2) is 35.4 Å². The Hall–Kier alpha value is -7.15. The number of ether oxygens (including phenoxy) is 8. The van der Waals surface area contributed by atoms with Gasteiger partial charge >= 0.3 is 23.3 Å². The number of carbonyl (C=O) groups excluding carboxylic acids is 2. The van der Waals surface area contributed by atoms with Crippen LogP contribution in [0, 0.1) is 0 Å². The quantitative estimate of drug-likeness (QED) is 0.0257. The van der Waals surface area contributed by atoms with Crippen molar-refractivity contribution in [3.8, 4) is 57.3 Å². The molecule has 0 radical (unpaired) electrons. The van der Waals surface area contributed by atoms with Crippen molar-refractivity contribution in [3.05, 3.63) is 96.1 Å². The van der Waals surface area contributed by atoms with Gasteiger partial charge in [0.25, 0.3) is 0 Å². The first-order valence-electron chi connectivity index (χ1n) is 22.7. The Labute approximate surface area is 422 Å². The molecule has 15 atom stereocenters. The number of carbonyl (C=O) groups is 2. The summed E-state index contributed by atoms with van der Waals surface area (Å²) in [6.07, 6.45) is -26.6. The lowest BCUT2D eigenvalue weighted by Crippen LogP contribution is -2.65. The molecule has 4 heterocycles. The van der Waals surface area contributed by atoms with E-state index in [-0.39, 0.29) is 44.9 Å². The van der Waals surface area contributed by atoms with E-state index >= 15 is 0 Å². The molecule has 26 heteroatoms. The molecule has 0 spiro atoms. The van der Waals surface area contributed by atoms with Crippen LogP contribution in [0.5, 0.6) is 46.0 Å². The van der Waals surface area contributed by atoms with E-state index in [0.29, 0.717) is 0 Å². The molecule has 4 aromatic carbocycles. The van der Waals surface area contributed by atoms with Crippen molar-refractivity contribution in [1.29, 1.82) is 0 Å². The largest absolute Gasteiger partial charge is 0.508 e. The number of phenolic OH excluding ortho intramolecular Hbond substituents is 6. The van der Waals surface area contributed by atoms with Crippen LogP contribution >= 0.6 is 0 Å². The fraction of sp³-hybridized carbons (Fsp3) is 0.367. The Kier molecular flexibility index (Phi) is 16.4. The van der Waals surface area contributed by atoms with Gasteiger partial charge in [0.2, 0.25) is 18.3 Å². The third kappa shape index (κ3) is 11.9. The zero-order chi connectivity index (χ0) is 54.0. The van der Waals surface area contributed by atoms with Gasteiger partial charge in [-0.1, -0.05) is 6.07 Å². The van der Waals surface area contributed by atoms with E-state index < -0.39 is 158 Å². The van der Waals surface area contributed by atoms with E-state index in [1.165, 1.54) is 54.6 Å². The monoisotopic (exact) mass is 1060 g/mol. The van der Waals surface area contributed by atoms with Gasteiger partial charge in [-0.25, -0.2) is 14.0 Å². The number of aliphatic hydroxyl groups excluding tert-OH is 9. The molecule has 26 nitrogen and oxygen atoms in total.